The van der Waals surface area contributed by atoms with Crippen LogP contribution in [0.1, 0.15) is 23.4 Å². The van der Waals surface area contributed by atoms with Gasteiger partial charge in [-0.15, -0.1) is 0 Å². The third kappa shape index (κ3) is 2.96. The second-order valence-electron chi connectivity index (χ2n) is 4.18. The average Bonchev–Trinajstić information content (AvgIpc) is 2.73. The number of thioether (sulfide) groups is 1. The van der Waals surface area contributed by atoms with Crippen LogP contribution < -0.4 is 0 Å². The zero-order valence-corrected chi connectivity index (χ0v) is 11.4. The number of hydrogen-bond acceptors (Lipinski definition) is 3. The van der Waals surface area contributed by atoms with E-state index in [-0.39, 0.29) is 11.9 Å². The predicted molar refractivity (Wildman–Crippen MR) is 69.8 cm³/mol. The minimum atomic E-state index is -0.459. The number of benzene rings is 1. The maximum atomic E-state index is 13.6. The van der Waals surface area contributed by atoms with E-state index in [2.05, 4.69) is 4.98 Å². The summed E-state index contributed by atoms with van der Waals surface area (Å²) in [6.45, 7) is 1.68. The lowest BCUT2D eigenvalue weighted by Crippen LogP contribution is -2.00. The molecule has 0 spiro atoms. The highest BCUT2D eigenvalue weighted by Crippen LogP contribution is 2.35. The highest BCUT2D eigenvalue weighted by atomic mass is 32.2. The van der Waals surface area contributed by atoms with E-state index in [1.807, 2.05) is 0 Å². The topological polar surface area (TPSA) is 38.1 Å². The van der Waals surface area contributed by atoms with Crippen molar-refractivity contribution in [3.8, 4) is 0 Å². The third-order valence-electron chi connectivity index (χ3n) is 2.88. The van der Waals surface area contributed by atoms with Gasteiger partial charge in [-0.1, -0.05) is 11.8 Å². The van der Waals surface area contributed by atoms with Crippen molar-refractivity contribution in [3.63, 3.8) is 0 Å². The fraction of sp³-hybridized carbons (Fsp3) is 0.308. The largest absolute Gasteiger partial charge is 0.390 e. The Morgan fingerprint density at radius 2 is 2.16 bits per heavy atom. The Morgan fingerprint density at radius 3 is 2.79 bits per heavy atom. The van der Waals surface area contributed by atoms with Crippen molar-refractivity contribution in [1.29, 1.82) is 0 Å². The van der Waals surface area contributed by atoms with Crippen LogP contribution in [0.4, 0.5) is 8.78 Å². The molecule has 0 aliphatic heterocycles. The summed E-state index contributed by atoms with van der Waals surface area (Å²) >= 11 is 1.32. The molecular formula is C13H14F2N2OS. The van der Waals surface area contributed by atoms with E-state index in [1.165, 1.54) is 17.8 Å². The van der Waals surface area contributed by atoms with Crippen molar-refractivity contribution in [2.75, 3.05) is 0 Å². The molecule has 6 heteroatoms. The van der Waals surface area contributed by atoms with Crippen molar-refractivity contribution in [2.45, 2.75) is 23.9 Å². The molecule has 1 aromatic heterocycles. The standard InChI is InChI=1S/C13H14F2N2OS/c1-8(11-5-9(14)3-4-12(11)15)19-13-16-6-10(7-18)17(13)2/h3-6,8,18H,7H2,1-2H3. The number of halogens is 2. The number of imidazole rings is 1. The number of aromatic nitrogens is 2. The summed E-state index contributed by atoms with van der Waals surface area (Å²) in [5, 5.41) is 9.46. The highest BCUT2D eigenvalue weighted by Gasteiger charge is 2.16. The third-order valence-corrected chi connectivity index (χ3v) is 4.08. The van der Waals surface area contributed by atoms with E-state index in [1.54, 1.807) is 24.7 Å². The Balaban J connectivity index is 2.22. The van der Waals surface area contributed by atoms with Gasteiger partial charge >= 0.3 is 0 Å². The molecular weight excluding hydrogens is 270 g/mol. The van der Waals surface area contributed by atoms with E-state index in [9.17, 15) is 8.78 Å². The molecule has 0 aliphatic carbocycles. The number of aliphatic hydroxyl groups is 1. The van der Waals surface area contributed by atoms with Crippen LogP contribution in [0.15, 0.2) is 29.6 Å². The normalized spacial score (nSPS) is 12.7. The summed E-state index contributed by atoms with van der Waals surface area (Å²) in [5.74, 6) is -0.891. The first-order valence-corrected chi connectivity index (χ1v) is 6.64. The van der Waals surface area contributed by atoms with Gasteiger partial charge in [0.1, 0.15) is 11.6 Å². The Kier molecular flexibility index (Phi) is 4.21. The SMILES string of the molecule is CC(Sc1ncc(CO)n1C)c1cc(F)ccc1F. The van der Waals surface area contributed by atoms with E-state index in [4.69, 9.17) is 5.11 Å². The van der Waals surface area contributed by atoms with Crippen molar-refractivity contribution in [2.24, 2.45) is 7.05 Å². The molecule has 1 aromatic carbocycles. The molecule has 0 amide bonds. The minimum absolute atomic E-state index is 0.104. The van der Waals surface area contributed by atoms with Gasteiger partial charge in [0, 0.05) is 17.9 Å². The fourth-order valence-electron chi connectivity index (χ4n) is 1.73. The highest BCUT2D eigenvalue weighted by molar-refractivity contribution is 7.99. The number of aliphatic hydroxyl groups excluding tert-OH is 1. The van der Waals surface area contributed by atoms with Gasteiger partial charge in [0.15, 0.2) is 5.16 Å². The first-order chi connectivity index (χ1) is 9.02. The average molecular weight is 284 g/mol. The molecule has 0 saturated carbocycles. The van der Waals surface area contributed by atoms with Crippen molar-refractivity contribution in [3.05, 3.63) is 47.3 Å². The van der Waals surface area contributed by atoms with Gasteiger partial charge in [-0.2, -0.15) is 0 Å². The molecule has 0 radical (unpaired) electrons. The lowest BCUT2D eigenvalue weighted by molar-refractivity contribution is 0.271. The summed E-state index contributed by atoms with van der Waals surface area (Å²) in [6.07, 6.45) is 1.57. The van der Waals surface area contributed by atoms with Crippen molar-refractivity contribution < 1.29 is 13.9 Å². The quantitative estimate of drug-likeness (QED) is 0.877. The molecule has 1 unspecified atom stereocenters. The number of rotatable bonds is 4. The molecule has 0 saturated heterocycles. The van der Waals surface area contributed by atoms with Gasteiger partial charge in [-0.3, -0.25) is 0 Å². The van der Waals surface area contributed by atoms with E-state index >= 15 is 0 Å². The fourth-order valence-corrected chi connectivity index (χ4v) is 2.74. The van der Waals surface area contributed by atoms with Crippen LogP contribution >= 0.6 is 11.8 Å². The number of hydrogen-bond donors (Lipinski definition) is 1. The molecule has 1 atom stereocenters. The van der Waals surface area contributed by atoms with E-state index < -0.39 is 11.6 Å². The van der Waals surface area contributed by atoms with Crippen LogP contribution in [0, 0.1) is 11.6 Å². The maximum Gasteiger partial charge on any atom is 0.168 e. The Morgan fingerprint density at radius 1 is 1.42 bits per heavy atom. The Hall–Kier alpha value is -1.40. The van der Waals surface area contributed by atoms with Gasteiger partial charge in [0.05, 0.1) is 18.5 Å². The molecule has 2 rings (SSSR count). The van der Waals surface area contributed by atoms with Crippen LogP contribution in [0.2, 0.25) is 0 Å². The van der Waals surface area contributed by atoms with Crippen molar-refractivity contribution in [1.82, 2.24) is 9.55 Å². The first-order valence-electron chi connectivity index (χ1n) is 5.76. The maximum absolute atomic E-state index is 13.6. The zero-order chi connectivity index (χ0) is 14.0. The minimum Gasteiger partial charge on any atom is -0.390 e. The van der Waals surface area contributed by atoms with Gasteiger partial charge in [0.25, 0.3) is 0 Å². The van der Waals surface area contributed by atoms with Crippen LogP contribution in [0.5, 0.6) is 0 Å². The summed E-state index contributed by atoms with van der Waals surface area (Å²) in [7, 11) is 1.77. The van der Waals surface area contributed by atoms with Gasteiger partial charge in [-0.05, 0) is 25.1 Å². The molecule has 1 N–H and O–H groups in total. The second kappa shape index (κ2) is 5.71. The summed E-state index contributed by atoms with van der Waals surface area (Å²) in [5.41, 5.74) is 0.980. The smallest absolute Gasteiger partial charge is 0.168 e. The second-order valence-corrected chi connectivity index (χ2v) is 5.48. The lowest BCUT2D eigenvalue weighted by atomic mass is 10.1. The van der Waals surface area contributed by atoms with Crippen LogP contribution in [0.3, 0.4) is 0 Å². The van der Waals surface area contributed by atoms with Crippen molar-refractivity contribution >= 4 is 11.8 Å². The van der Waals surface area contributed by atoms with Crippen LogP contribution in [-0.2, 0) is 13.7 Å². The first kappa shape index (κ1) is 14.0. The molecule has 3 nitrogen and oxygen atoms in total. The summed E-state index contributed by atoms with van der Waals surface area (Å²) in [6, 6.07) is 3.42. The zero-order valence-electron chi connectivity index (χ0n) is 10.6. The van der Waals surface area contributed by atoms with E-state index in [0.717, 1.165) is 12.1 Å². The number of nitrogens with zero attached hydrogens (tertiary/aromatic N) is 2. The predicted octanol–water partition coefficient (Wildman–Crippen LogP) is 3.04. The molecule has 0 aliphatic rings. The molecule has 1 heterocycles. The summed E-state index contributed by atoms with van der Waals surface area (Å²) in [4.78, 5) is 4.15. The summed E-state index contributed by atoms with van der Waals surface area (Å²) < 4.78 is 28.5. The van der Waals surface area contributed by atoms with Crippen LogP contribution in [-0.4, -0.2) is 14.7 Å². The monoisotopic (exact) mass is 284 g/mol. The van der Waals surface area contributed by atoms with Gasteiger partial charge < -0.3 is 9.67 Å². The van der Waals surface area contributed by atoms with E-state index in [0.29, 0.717) is 16.4 Å². The Bertz CT molecular complexity index is 586. The molecule has 19 heavy (non-hydrogen) atoms. The molecule has 102 valence electrons. The van der Waals surface area contributed by atoms with Gasteiger partial charge in [0.2, 0.25) is 0 Å². The molecule has 0 bridgehead atoms. The lowest BCUT2D eigenvalue weighted by Gasteiger charge is -2.12. The van der Waals surface area contributed by atoms with Gasteiger partial charge in [-0.25, -0.2) is 13.8 Å². The molecule has 2 aromatic rings. The molecule has 0 fully saturated rings. The van der Waals surface area contributed by atoms with Crippen LogP contribution in [0.25, 0.3) is 0 Å². The Labute approximate surface area is 114 Å².